The maximum atomic E-state index is 11.8. The van der Waals surface area contributed by atoms with E-state index in [1.54, 1.807) is 0 Å². The first-order chi connectivity index (χ1) is 12.2. The van der Waals surface area contributed by atoms with Crippen LogP contribution in [0.25, 0.3) is 0 Å². The van der Waals surface area contributed by atoms with E-state index in [0.717, 1.165) is 18.2 Å². The Morgan fingerprint density at radius 2 is 1.85 bits per heavy atom. The average molecular weight is 370 g/mol. The maximum Gasteiger partial charge on any atom is 0.388 e. The fourth-order valence-corrected chi connectivity index (χ4v) is 1.65. The second kappa shape index (κ2) is 9.00. The van der Waals surface area contributed by atoms with Crippen molar-refractivity contribution in [2.75, 3.05) is 19.6 Å². The molecule has 0 heterocycles. The Morgan fingerprint density at radius 3 is 2.38 bits per heavy atom. The third kappa shape index (κ3) is 5.46. The van der Waals surface area contributed by atoms with Crippen molar-refractivity contribution >= 4 is 29.2 Å². The predicted octanol–water partition coefficient (Wildman–Crippen LogP) is -1.81. The number of esters is 1. The maximum absolute atomic E-state index is 11.8. The number of hydrazine groups is 1. The van der Waals surface area contributed by atoms with Gasteiger partial charge in [-0.3, -0.25) is 34.8 Å². The van der Waals surface area contributed by atoms with Gasteiger partial charge in [0.2, 0.25) is 11.7 Å². The van der Waals surface area contributed by atoms with Crippen LogP contribution in [0.5, 0.6) is 5.75 Å². The van der Waals surface area contributed by atoms with E-state index in [2.05, 4.69) is 5.32 Å². The minimum Gasteiger partial charge on any atom is -0.417 e. The zero-order chi connectivity index (χ0) is 19.9. The molecule has 1 aromatic rings. The van der Waals surface area contributed by atoms with Crippen molar-refractivity contribution in [3.63, 3.8) is 0 Å². The van der Waals surface area contributed by atoms with Gasteiger partial charge in [-0.25, -0.2) is 10.6 Å². The molecular formula is C12H14N6O8. The summed E-state index contributed by atoms with van der Waals surface area (Å²) < 4.78 is 4.70. The molecule has 1 rings (SSSR count). The van der Waals surface area contributed by atoms with E-state index in [0.29, 0.717) is 5.01 Å². The van der Waals surface area contributed by atoms with E-state index in [9.17, 15) is 34.6 Å². The molecule has 14 nitrogen and oxygen atoms in total. The van der Waals surface area contributed by atoms with E-state index in [-0.39, 0.29) is 6.54 Å². The number of nitro benzene ring substituents is 2. The Kier molecular flexibility index (Phi) is 7.06. The molecule has 0 saturated carbocycles. The Bertz CT molecular complexity index is 751. The van der Waals surface area contributed by atoms with Crippen LogP contribution in [0.4, 0.5) is 11.4 Å². The lowest BCUT2D eigenvalue weighted by molar-refractivity contribution is -0.423. The van der Waals surface area contributed by atoms with Gasteiger partial charge in [0.25, 0.3) is 5.91 Å². The van der Waals surface area contributed by atoms with Crippen molar-refractivity contribution in [1.82, 2.24) is 10.3 Å². The van der Waals surface area contributed by atoms with Crippen molar-refractivity contribution in [1.29, 1.82) is 0 Å². The van der Waals surface area contributed by atoms with Gasteiger partial charge in [0, 0.05) is 6.07 Å². The molecule has 0 radical (unpaired) electrons. The highest BCUT2D eigenvalue weighted by atomic mass is 16.6. The zero-order valence-electron chi connectivity index (χ0n) is 13.1. The number of carbonyl (C=O) groups is 3. The number of nitrogens with zero attached hydrogens (tertiary/aromatic N) is 3. The number of nitrogens with two attached hydrogens (primary N) is 2. The molecule has 0 aliphatic carbocycles. The third-order valence-electron chi connectivity index (χ3n) is 2.82. The largest absolute Gasteiger partial charge is 0.417 e. The topological polar surface area (TPSA) is 214 Å². The molecule has 0 atom stereocenters. The van der Waals surface area contributed by atoms with Gasteiger partial charge < -0.3 is 15.8 Å². The van der Waals surface area contributed by atoms with Gasteiger partial charge in [0.05, 0.1) is 22.9 Å². The van der Waals surface area contributed by atoms with Gasteiger partial charge in [-0.2, -0.15) is 0 Å². The molecule has 1 aromatic carbocycles. The number of rotatable bonds is 8. The molecule has 26 heavy (non-hydrogen) atoms. The van der Waals surface area contributed by atoms with E-state index in [1.807, 2.05) is 0 Å². The lowest BCUT2D eigenvalue weighted by Gasteiger charge is -2.15. The summed E-state index contributed by atoms with van der Waals surface area (Å²) in [6.07, 6.45) is 0. The zero-order valence-corrected chi connectivity index (χ0v) is 13.1. The number of carbonyl (C=O) groups excluding carboxylic acids is 3. The Hall–Kier alpha value is -3.65. The van der Waals surface area contributed by atoms with Crippen LogP contribution in [-0.2, 0) is 14.4 Å². The average Bonchev–Trinajstić information content (AvgIpc) is 2.58. The highest BCUT2D eigenvalue weighted by Crippen LogP contribution is 2.36. The minimum absolute atomic E-state index is 0.351. The summed E-state index contributed by atoms with van der Waals surface area (Å²) in [6.45, 7) is -1.70. The van der Waals surface area contributed by atoms with Crippen LogP contribution in [-0.4, -0.2) is 52.3 Å². The quantitative estimate of drug-likeness (QED) is 0.116. The highest BCUT2D eigenvalue weighted by Gasteiger charge is 2.31. The number of para-hydroxylation sites is 1. The van der Waals surface area contributed by atoms with Crippen LogP contribution in [0.1, 0.15) is 0 Å². The van der Waals surface area contributed by atoms with Crippen molar-refractivity contribution in [2.45, 2.75) is 0 Å². The van der Waals surface area contributed by atoms with Crippen LogP contribution >= 0.6 is 0 Å². The SMILES string of the molecule is NCC(=O)NCC(=O)N(N)CC(=O)Oc1cccc([N+](=O)[O-])c1[N+](=O)[O-]. The molecule has 0 aromatic heterocycles. The van der Waals surface area contributed by atoms with Crippen molar-refractivity contribution in [2.24, 2.45) is 11.6 Å². The van der Waals surface area contributed by atoms with Gasteiger partial charge in [0.1, 0.15) is 6.54 Å². The molecule has 5 N–H and O–H groups in total. The fourth-order valence-electron chi connectivity index (χ4n) is 1.65. The van der Waals surface area contributed by atoms with Gasteiger partial charge >= 0.3 is 17.3 Å². The molecule has 14 heteroatoms. The van der Waals surface area contributed by atoms with Crippen molar-refractivity contribution in [3.05, 3.63) is 38.4 Å². The second-order valence-electron chi connectivity index (χ2n) is 4.61. The summed E-state index contributed by atoms with van der Waals surface area (Å²) in [5.74, 6) is 1.99. The smallest absolute Gasteiger partial charge is 0.388 e. The number of hydrogen-bond acceptors (Lipinski definition) is 10. The summed E-state index contributed by atoms with van der Waals surface area (Å²) in [5.41, 5.74) is 3.14. The molecular weight excluding hydrogens is 356 g/mol. The molecule has 0 unspecified atom stereocenters. The summed E-state index contributed by atoms with van der Waals surface area (Å²) >= 11 is 0. The first-order valence-corrected chi connectivity index (χ1v) is 6.81. The van der Waals surface area contributed by atoms with Crippen LogP contribution in [0, 0.1) is 20.2 Å². The molecule has 0 spiro atoms. The number of nitro groups is 2. The molecule has 0 bridgehead atoms. The Balaban J connectivity index is 2.81. The lowest BCUT2D eigenvalue weighted by atomic mass is 10.2. The van der Waals surface area contributed by atoms with Gasteiger partial charge in [-0.15, -0.1) is 0 Å². The van der Waals surface area contributed by atoms with Crippen molar-refractivity contribution < 1.29 is 29.0 Å². The van der Waals surface area contributed by atoms with E-state index in [1.165, 1.54) is 0 Å². The summed E-state index contributed by atoms with van der Waals surface area (Å²) in [6, 6.07) is 2.93. The van der Waals surface area contributed by atoms with Gasteiger partial charge in [0.15, 0.2) is 0 Å². The number of hydrogen-bond donors (Lipinski definition) is 3. The van der Waals surface area contributed by atoms with Crippen molar-refractivity contribution in [3.8, 4) is 5.75 Å². The normalized spacial score (nSPS) is 9.92. The lowest BCUT2D eigenvalue weighted by Crippen LogP contribution is -2.48. The highest BCUT2D eigenvalue weighted by molar-refractivity contribution is 5.87. The molecule has 0 fully saturated rings. The van der Waals surface area contributed by atoms with Crippen LogP contribution in [0.3, 0.4) is 0 Å². The van der Waals surface area contributed by atoms with E-state index >= 15 is 0 Å². The number of amides is 2. The van der Waals surface area contributed by atoms with Gasteiger partial charge in [-0.1, -0.05) is 6.07 Å². The minimum atomic E-state index is -1.19. The standard InChI is InChI=1S/C12H14N6O8/c13-4-9(19)15-5-10(20)16(14)6-11(21)26-8-3-1-2-7(17(22)23)12(8)18(24)25/h1-3H,4-6,13-14H2,(H,15,19). The summed E-state index contributed by atoms with van der Waals surface area (Å²) in [7, 11) is 0. The number of benzene rings is 1. The molecule has 0 aliphatic heterocycles. The molecule has 0 aliphatic rings. The van der Waals surface area contributed by atoms with E-state index < -0.39 is 57.8 Å². The fraction of sp³-hybridized carbons (Fsp3) is 0.250. The monoisotopic (exact) mass is 370 g/mol. The number of ether oxygens (including phenoxy) is 1. The first kappa shape index (κ1) is 20.4. The molecule has 0 saturated heterocycles. The second-order valence-corrected chi connectivity index (χ2v) is 4.61. The van der Waals surface area contributed by atoms with Gasteiger partial charge in [-0.05, 0) is 6.07 Å². The summed E-state index contributed by atoms with van der Waals surface area (Å²) in [4.78, 5) is 54.1. The predicted molar refractivity (Wildman–Crippen MR) is 83.4 cm³/mol. The summed E-state index contributed by atoms with van der Waals surface area (Å²) in [5, 5.41) is 24.4. The Labute approximate surface area is 144 Å². The van der Waals surface area contributed by atoms with Crippen LogP contribution in [0.2, 0.25) is 0 Å². The van der Waals surface area contributed by atoms with Crippen LogP contribution in [0.15, 0.2) is 18.2 Å². The number of nitrogens with one attached hydrogen (secondary N) is 1. The molecule has 2 amide bonds. The van der Waals surface area contributed by atoms with Crippen LogP contribution < -0.4 is 21.6 Å². The first-order valence-electron chi connectivity index (χ1n) is 6.81. The Morgan fingerprint density at radius 1 is 1.19 bits per heavy atom. The van der Waals surface area contributed by atoms with E-state index in [4.69, 9.17) is 16.3 Å². The third-order valence-corrected chi connectivity index (χ3v) is 2.82. The molecule has 140 valence electrons.